The molecule has 1 amide bonds. The highest BCUT2D eigenvalue weighted by molar-refractivity contribution is 7.98. The summed E-state index contributed by atoms with van der Waals surface area (Å²) in [5, 5.41) is 13.2. The Labute approximate surface area is 163 Å². The minimum Gasteiger partial charge on any atom is -0.390 e. The normalized spacial score (nSPS) is 10.7. The number of rotatable bonds is 8. The van der Waals surface area contributed by atoms with Gasteiger partial charge in [-0.3, -0.25) is 4.79 Å². The number of hydrogen-bond acceptors (Lipinski definition) is 4. The molecule has 140 valence electrons. The minimum absolute atomic E-state index is 0.107. The molecule has 2 aromatic carbocycles. The van der Waals surface area contributed by atoms with Crippen molar-refractivity contribution in [3.05, 3.63) is 83.2 Å². The molecule has 0 aliphatic heterocycles. The van der Waals surface area contributed by atoms with Gasteiger partial charge in [0.2, 0.25) is 5.91 Å². The van der Waals surface area contributed by atoms with E-state index in [1.165, 1.54) is 11.1 Å². The first-order valence-electron chi connectivity index (χ1n) is 8.80. The topological polar surface area (TPSA) is 67.2 Å². The summed E-state index contributed by atoms with van der Waals surface area (Å²) in [6.45, 7) is 2.50. The van der Waals surface area contributed by atoms with Gasteiger partial charge >= 0.3 is 0 Å². The Morgan fingerprint density at radius 3 is 2.56 bits per heavy atom. The molecule has 0 saturated heterocycles. The third kappa shape index (κ3) is 5.45. The molecule has 1 aromatic heterocycles. The molecule has 0 aliphatic carbocycles. The van der Waals surface area contributed by atoms with Crippen LogP contribution in [0.15, 0.2) is 66.0 Å². The maximum absolute atomic E-state index is 12.4. The fraction of sp³-hybridized carbons (Fsp3) is 0.238. The van der Waals surface area contributed by atoms with Gasteiger partial charge in [0.05, 0.1) is 18.5 Å². The first-order valence-corrected chi connectivity index (χ1v) is 9.78. The van der Waals surface area contributed by atoms with Gasteiger partial charge in [-0.15, -0.1) is 0 Å². The maximum Gasteiger partial charge on any atom is 0.240 e. The quantitative estimate of drug-likeness (QED) is 0.588. The lowest BCUT2D eigenvalue weighted by atomic mass is 10.1. The summed E-state index contributed by atoms with van der Waals surface area (Å²) in [5.74, 6) is 0.651. The highest BCUT2D eigenvalue weighted by Crippen LogP contribution is 2.23. The predicted octanol–water partition coefficient (Wildman–Crippen LogP) is 3.29. The van der Waals surface area contributed by atoms with E-state index in [-0.39, 0.29) is 19.1 Å². The van der Waals surface area contributed by atoms with Crippen molar-refractivity contribution in [2.75, 3.05) is 0 Å². The second-order valence-corrected chi connectivity index (χ2v) is 7.26. The van der Waals surface area contributed by atoms with Crippen LogP contribution >= 0.6 is 11.8 Å². The number of benzene rings is 2. The molecular weight excluding hydrogens is 358 g/mol. The number of thioether (sulfide) groups is 1. The van der Waals surface area contributed by atoms with Gasteiger partial charge in [0, 0.05) is 12.3 Å². The third-order valence-electron chi connectivity index (χ3n) is 4.19. The molecule has 3 rings (SSSR count). The second-order valence-electron chi connectivity index (χ2n) is 6.31. The second kappa shape index (κ2) is 9.39. The van der Waals surface area contributed by atoms with E-state index in [2.05, 4.69) is 22.4 Å². The van der Waals surface area contributed by atoms with Crippen LogP contribution in [0.5, 0.6) is 0 Å². The molecule has 0 saturated carbocycles. The molecule has 27 heavy (non-hydrogen) atoms. The Hall–Kier alpha value is -2.57. The first-order chi connectivity index (χ1) is 13.2. The standard InChI is InChI=1S/C21H23N3O2S/c1-16-7-9-17(10-8-16)11-22-20(26)13-24-19(14-25)12-23-21(24)27-15-18-5-3-2-4-6-18/h2-10,12,25H,11,13-15H2,1H3,(H,22,26). The van der Waals surface area contributed by atoms with Gasteiger partial charge in [0.25, 0.3) is 0 Å². The van der Waals surface area contributed by atoms with Crippen LogP contribution in [0.2, 0.25) is 0 Å². The Kier molecular flexibility index (Phi) is 6.68. The number of aromatic nitrogens is 2. The van der Waals surface area contributed by atoms with Crippen molar-refractivity contribution < 1.29 is 9.90 Å². The molecule has 0 bridgehead atoms. The van der Waals surface area contributed by atoms with Crippen molar-refractivity contribution in [1.29, 1.82) is 0 Å². The maximum atomic E-state index is 12.4. The van der Waals surface area contributed by atoms with Crippen molar-refractivity contribution in [3.8, 4) is 0 Å². The molecule has 0 radical (unpaired) electrons. The number of carbonyl (C=O) groups excluding carboxylic acids is 1. The number of imidazole rings is 1. The number of nitrogens with one attached hydrogen (secondary N) is 1. The monoisotopic (exact) mass is 381 g/mol. The zero-order valence-electron chi connectivity index (χ0n) is 15.3. The molecule has 1 heterocycles. The number of hydrogen-bond donors (Lipinski definition) is 2. The van der Waals surface area contributed by atoms with Crippen LogP contribution in [-0.4, -0.2) is 20.6 Å². The van der Waals surface area contributed by atoms with E-state index in [0.717, 1.165) is 16.5 Å². The van der Waals surface area contributed by atoms with Crippen molar-refractivity contribution in [2.24, 2.45) is 0 Å². The lowest BCUT2D eigenvalue weighted by Crippen LogP contribution is -2.28. The molecule has 0 atom stereocenters. The van der Waals surface area contributed by atoms with Gasteiger partial charge in [-0.25, -0.2) is 4.98 Å². The van der Waals surface area contributed by atoms with Gasteiger partial charge in [-0.2, -0.15) is 0 Å². The van der Waals surface area contributed by atoms with Crippen LogP contribution in [0.1, 0.15) is 22.4 Å². The molecule has 5 nitrogen and oxygen atoms in total. The lowest BCUT2D eigenvalue weighted by molar-refractivity contribution is -0.122. The number of aliphatic hydroxyl groups is 1. The summed E-state index contributed by atoms with van der Waals surface area (Å²) in [7, 11) is 0. The number of aliphatic hydroxyl groups excluding tert-OH is 1. The van der Waals surface area contributed by atoms with E-state index in [1.54, 1.807) is 22.5 Å². The van der Waals surface area contributed by atoms with Crippen LogP contribution in [0, 0.1) is 6.92 Å². The zero-order chi connectivity index (χ0) is 19.1. The number of amides is 1. The van der Waals surface area contributed by atoms with Crippen molar-refractivity contribution >= 4 is 17.7 Å². The molecule has 0 unspecified atom stereocenters. The number of nitrogens with zero attached hydrogens (tertiary/aromatic N) is 2. The van der Waals surface area contributed by atoms with E-state index in [4.69, 9.17) is 0 Å². The molecule has 6 heteroatoms. The van der Waals surface area contributed by atoms with Crippen LogP contribution < -0.4 is 5.32 Å². The van der Waals surface area contributed by atoms with Gasteiger partial charge in [0.1, 0.15) is 6.54 Å². The Bertz CT molecular complexity index is 876. The summed E-state index contributed by atoms with van der Waals surface area (Å²) < 4.78 is 1.78. The Morgan fingerprint density at radius 1 is 1.11 bits per heavy atom. The third-order valence-corrected chi connectivity index (χ3v) is 5.25. The average Bonchev–Trinajstić information content (AvgIpc) is 3.08. The van der Waals surface area contributed by atoms with Crippen molar-refractivity contribution in [1.82, 2.24) is 14.9 Å². The number of carbonyl (C=O) groups is 1. The van der Waals surface area contributed by atoms with E-state index in [1.807, 2.05) is 49.4 Å². The van der Waals surface area contributed by atoms with Crippen LogP contribution in [0.4, 0.5) is 0 Å². The highest BCUT2D eigenvalue weighted by atomic mass is 32.2. The Morgan fingerprint density at radius 2 is 1.85 bits per heavy atom. The fourth-order valence-corrected chi connectivity index (χ4v) is 3.58. The largest absolute Gasteiger partial charge is 0.390 e. The summed E-state index contributed by atoms with van der Waals surface area (Å²) >= 11 is 1.56. The van der Waals surface area contributed by atoms with Gasteiger partial charge in [-0.1, -0.05) is 71.9 Å². The summed E-state index contributed by atoms with van der Waals surface area (Å²) in [4.78, 5) is 16.8. The van der Waals surface area contributed by atoms with Crippen molar-refractivity contribution in [2.45, 2.75) is 37.5 Å². The summed E-state index contributed by atoms with van der Waals surface area (Å²) in [6, 6.07) is 18.2. The van der Waals surface area contributed by atoms with Gasteiger partial charge in [-0.05, 0) is 18.1 Å². The van der Waals surface area contributed by atoms with E-state index < -0.39 is 0 Å². The summed E-state index contributed by atoms with van der Waals surface area (Å²) in [5.41, 5.74) is 4.07. The lowest BCUT2D eigenvalue weighted by Gasteiger charge is -2.11. The van der Waals surface area contributed by atoms with Crippen molar-refractivity contribution in [3.63, 3.8) is 0 Å². The average molecular weight is 382 g/mol. The van der Waals surface area contributed by atoms with Gasteiger partial charge in [0.15, 0.2) is 5.16 Å². The van der Waals surface area contributed by atoms with E-state index >= 15 is 0 Å². The van der Waals surface area contributed by atoms with Crippen LogP contribution in [-0.2, 0) is 30.2 Å². The van der Waals surface area contributed by atoms with E-state index in [9.17, 15) is 9.90 Å². The van der Waals surface area contributed by atoms with E-state index in [0.29, 0.717) is 12.2 Å². The molecular formula is C21H23N3O2S. The fourth-order valence-electron chi connectivity index (χ4n) is 2.63. The van der Waals surface area contributed by atoms with Crippen LogP contribution in [0.3, 0.4) is 0 Å². The molecule has 3 aromatic rings. The number of aryl methyl sites for hydroxylation is 1. The van der Waals surface area contributed by atoms with Crippen LogP contribution in [0.25, 0.3) is 0 Å². The predicted molar refractivity (Wildman–Crippen MR) is 107 cm³/mol. The Balaban J connectivity index is 1.61. The highest BCUT2D eigenvalue weighted by Gasteiger charge is 2.13. The summed E-state index contributed by atoms with van der Waals surface area (Å²) in [6.07, 6.45) is 1.63. The molecule has 0 fully saturated rings. The smallest absolute Gasteiger partial charge is 0.240 e. The molecule has 2 N–H and O–H groups in total. The molecule has 0 spiro atoms. The molecule has 0 aliphatic rings. The zero-order valence-corrected chi connectivity index (χ0v) is 16.1. The minimum atomic E-state index is -0.149. The first kappa shape index (κ1) is 19.2. The van der Waals surface area contributed by atoms with Gasteiger partial charge < -0.3 is 15.0 Å². The SMILES string of the molecule is Cc1ccc(CNC(=O)Cn2c(CO)cnc2SCc2ccccc2)cc1.